The third-order valence-corrected chi connectivity index (χ3v) is 3.63. The molecule has 1 rings (SSSR count). The molecule has 0 radical (unpaired) electrons. The number of halogens is 1. The predicted octanol–water partition coefficient (Wildman–Crippen LogP) is 4.14. The Morgan fingerprint density at radius 2 is 1.83 bits per heavy atom. The minimum absolute atomic E-state index is 0.234. The van der Waals surface area contributed by atoms with Crippen LogP contribution >= 0.6 is 15.9 Å². The SMILES string of the molecule is CCCCN(CC)CCC(=O)c1ccc(Br)cc1. The van der Waals surface area contributed by atoms with Crippen LogP contribution in [0.5, 0.6) is 0 Å². The van der Waals surface area contributed by atoms with Crippen molar-refractivity contribution in [3.63, 3.8) is 0 Å². The van der Waals surface area contributed by atoms with E-state index < -0.39 is 0 Å². The summed E-state index contributed by atoms with van der Waals surface area (Å²) in [5.74, 6) is 0.234. The van der Waals surface area contributed by atoms with Crippen molar-refractivity contribution in [2.45, 2.75) is 33.1 Å². The monoisotopic (exact) mass is 311 g/mol. The lowest BCUT2D eigenvalue weighted by Crippen LogP contribution is -2.27. The minimum Gasteiger partial charge on any atom is -0.303 e. The Balaban J connectivity index is 2.42. The second kappa shape index (κ2) is 8.44. The van der Waals surface area contributed by atoms with E-state index in [-0.39, 0.29) is 5.78 Å². The van der Waals surface area contributed by atoms with E-state index in [2.05, 4.69) is 34.7 Å². The van der Waals surface area contributed by atoms with E-state index in [0.29, 0.717) is 6.42 Å². The van der Waals surface area contributed by atoms with Gasteiger partial charge >= 0.3 is 0 Å². The van der Waals surface area contributed by atoms with Crippen molar-refractivity contribution >= 4 is 21.7 Å². The highest BCUT2D eigenvalue weighted by atomic mass is 79.9. The summed E-state index contributed by atoms with van der Waals surface area (Å²) in [5, 5.41) is 0. The van der Waals surface area contributed by atoms with Crippen molar-refractivity contribution in [2.24, 2.45) is 0 Å². The summed E-state index contributed by atoms with van der Waals surface area (Å²) < 4.78 is 1.01. The standard InChI is InChI=1S/C15H22BrNO/c1-3-5-11-17(4-2)12-10-15(18)13-6-8-14(16)9-7-13/h6-9H,3-5,10-12H2,1-2H3. The molecule has 0 saturated heterocycles. The van der Waals surface area contributed by atoms with Gasteiger partial charge in [-0.15, -0.1) is 0 Å². The van der Waals surface area contributed by atoms with Crippen LogP contribution in [0.25, 0.3) is 0 Å². The van der Waals surface area contributed by atoms with Crippen LogP contribution in [0, 0.1) is 0 Å². The van der Waals surface area contributed by atoms with Gasteiger partial charge in [0.15, 0.2) is 5.78 Å². The van der Waals surface area contributed by atoms with Gasteiger partial charge in [0.25, 0.3) is 0 Å². The van der Waals surface area contributed by atoms with Gasteiger partial charge in [-0.3, -0.25) is 4.79 Å². The highest BCUT2D eigenvalue weighted by Gasteiger charge is 2.08. The molecular weight excluding hydrogens is 290 g/mol. The first-order valence-electron chi connectivity index (χ1n) is 6.68. The number of nitrogens with zero attached hydrogens (tertiary/aromatic N) is 1. The molecule has 0 heterocycles. The van der Waals surface area contributed by atoms with E-state index in [9.17, 15) is 4.79 Å². The van der Waals surface area contributed by atoms with Gasteiger partial charge in [-0.25, -0.2) is 0 Å². The molecule has 0 bridgehead atoms. The van der Waals surface area contributed by atoms with Crippen LogP contribution in [-0.2, 0) is 0 Å². The van der Waals surface area contributed by atoms with Crippen LogP contribution in [0.4, 0.5) is 0 Å². The molecule has 0 aliphatic carbocycles. The van der Waals surface area contributed by atoms with Crippen molar-refractivity contribution in [3.05, 3.63) is 34.3 Å². The summed E-state index contributed by atoms with van der Waals surface area (Å²) in [6.07, 6.45) is 3.02. The second-order valence-corrected chi connectivity index (χ2v) is 5.38. The number of carbonyl (C=O) groups excluding carboxylic acids is 1. The lowest BCUT2D eigenvalue weighted by Gasteiger charge is -2.19. The van der Waals surface area contributed by atoms with Crippen molar-refractivity contribution < 1.29 is 4.79 Å². The number of Topliss-reactive ketones (excluding diaryl/α,β-unsaturated/α-hetero) is 1. The predicted molar refractivity (Wildman–Crippen MR) is 80.1 cm³/mol. The van der Waals surface area contributed by atoms with Crippen molar-refractivity contribution in [2.75, 3.05) is 19.6 Å². The molecule has 1 aromatic carbocycles. The fraction of sp³-hybridized carbons (Fsp3) is 0.533. The van der Waals surface area contributed by atoms with E-state index in [1.807, 2.05) is 24.3 Å². The normalized spacial score (nSPS) is 10.9. The topological polar surface area (TPSA) is 20.3 Å². The van der Waals surface area contributed by atoms with Gasteiger partial charge in [0, 0.05) is 23.0 Å². The third kappa shape index (κ3) is 5.32. The average Bonchev–Trinajstić information content (AvgIpc) is 2.39. The van der Waals surface area contributed by atoms with Gasteiger partial charge in [-0.05, 0) is 31.6 Å². The Bertz CT molecular complexity index is 361. The first-order chi connectivity index (χ1) is 8.67. The molecule has 3 heteroatoms. The number of carbonyl (C=O) groups is 1. The molecule has 1 aromatic rings. The number of hydrogen-bond donors (Lipinski definition) is 0. The second-order valence-electron chi connectivity index (χ2n) is 4.47. The summed E-state index contributed by atoms with van der Waals surface area (Å²) >= 11 is 3.38. The summed E-state index contributed by atoms with van der Waals surface area (Å²) in [6, 6.07) is 7.60. The maximum absolute atomic E-state index is 12.0. The molecule has 0 unspecified atom stereocenters. The quantitative estimate of drug-likeness (QED) is 0.672. The molecule has 2 nitrogen and oxygen atoms in total. The van der Waals surface area contributed by atoms with Gasteiger partial charge in [-0.2, -0.15) is 0 Å². The number of ketones is 1. The fourth-order valence-corrected chi connectivity index (χ4v) is 2.11. The van der Waals surface area contributed by atoms with Crippen LogP contribution in [0.3, 0.4) is 0 Å². The molecule has 0 aromatic heterocycles. The number of hydrogen-bond acceptors (Lipinski definition) is 2. The highest BCUT2D eigenvalue weighted by molar-refractivity contribution is 9.10. The van der Waals surface area contributed by atoms with E-state index in [1.54, 1.807) is 0 Å². The number of rotatable bonds is 8. The molecule has 0 atom stereocenters. The first-order valence-corrected chi connectivity index (χ1v) is 7.47. The molecule has 0 aliphatic heterocycles. The first kappa shape index (κ1) is 15.4. The Morgan fingerprint density at radius 3 is 2.39 bits per heavy atom. The fourth-order valence-electron chi connectivity index (χ4n) is 1.85. The van der Waals surface area contributed by atoms with Crippen molar-refractivity contribution in [1.29, 1.82) is 0 Å². The smallest absolute Gasteiger partial charge is 0.164 e. The maximum atomic E-state index is 12.0. The minimum atomic E-state index is 0.234. The Kier molecular flexibility index (Phi) is 7.21. The van der Waals surface area contributed by atoms with E-state index in [1.165, 1.54) is 12.8 Å². The van der Waals surface area contributed by atoms with Gasteiger partial charge in [0.2, 0.25) is 0 Å². The zero-order chi connectivity index (χ0) is 13.4. The van der Waals surface area contributed by atoms with E-state index in [0.717, 1.165) is 29.7 Å². The Labute approximate surface area is 119 Å². The van der Waals surface area contributed by atoms with Crippen LogP contribution in [-0.4, -0.2) is 30.3 Å². The Morgan fingerprint density at radius 1 is 1.17 bits per heavy atom. The molecule has 0 N–H and O–H groups in total. The van der Waals surface area contributed by atoms with Crippen LogP contribution in [0.15, 0.2) is 28.7 Å². The summed E-state index contributed by atoms with van der Waals surface area (Å²) in [5.41, 5.74) is 0.810. The van der Waals surface area contributed by atoms with E-state index >= 15 is 0 Å². The van der Waals surface area contributed by atoms with Crippen molar-refractivity contribution in [1.82, 2.24) is 4.90 Å². The molecule has 0 spiro atoms. The maximum Gasteiger partial charge on any atom is 0.164 e. The molecule has 0 amide bonds. The van der Waals surface area contributed by atoms with E-state index in [4.69, 9.17) is 0 Å². The molecular formula is C15H22BrNO. The lowest BCUT2D eigenvalue weighted by molar-refractivity contribution is 0.0965. The summed E-state index contributed by atoms with van der Waals surface area (Å²) in [4.78, 5) is 14.4. The van der Waals surface area contributed by atoms with Gasteiger partial charge in [0.1, 0.15) is 0 Å². The van der Waals surface area contributed by atoms with Crippen molar-refractivity contribution in [3.8, 4) is 0 Å². The zero-order valence-corrected chi connectivity index (χ0v) is 12.9. The van der Waals surface area contributed by atoms with Crippen LogP contribution in [0.2, 0.25) is 0 Å². The van der Waals surface area contributed by atoms with Crippen LogP contribution < -0.4 is 0 Å². The summed E-state index contributed by atoms with van der Waals surface area (Å²) in [6.45, 7) is 7.33. The molecule has 0 saturated carbocycles. The molecule has 18 heavy (non-hydrogen) atoms. The molecule has 0 aliphatic rings. The molecule has 0 fully saturated rings. The number of unbranched alkanes of at least 4 members (excludes halogenated alkanes) is 1. The largest absolute Gasteiger partial charge is 0.303 e. The number of benzene rings is 1. The van der Waals surface area contributed by atoms with Crippen LogP contribution in [0.1, 0.15) is 43.5 Å². The summed E-state index contributed by atoms with van der Waals surface area (Å²) in [7, 11) is 0. The molecule has 100 valence electrons. The Hall–Kier alpha value is -0.670. The van der Waals surface area contributed by atoms with Gasteiger partial charge in [-0.1, -0.05) is 48.3 Å². The highest BCUT2D eigenvalue weighted by Crippen LogP contribution is 2.12. The lowest BCUT2D eigenvalue weighted by atomic mass is 10.1. The van der Waals surface area contributed by atoms with Gasteiger partial charge in [0.05, 0.1) is 0 Å². The third-order valence-electron chi connectivity index (χ3n) is 3.10. The average molecular weight is 312 g/mol. The van der Waals surface area contributed by atoms with Gasteiger partial charge < -0.3 is 4.90 Å². The zero-order valence-electron chi connectivity index (χ0n) is 11.3.